The lowest BCUT2D eigenvalue weighted by Gasteiger charge is -2.10. The molecule has 2 saturated carbocycles. The number of rotatable bonds is 1. The van der Waals surface area contributed by atoms with Crippen LogP contribution in [-0.2, 0) is 0 Å². The number of fused-ring (bicyclic) bond motifs is 1. The van der Waals surface area contributed by atoms with Crippen molar-refractivity contribution in [2.45, 2.75) is 31.6 Å². The summed E-state index contributed by atoms with van der Waals surface area (Å²) < 4.78 is 0. The van der Waals surface area contributed by atoms with Crippen molar-refractivity contribution in [3.63, 3.8) is 0 Å². The third-order valence-electron chi connectivity index (χ3n) is 3.98. The molecule has 2 aliphatic carbocycles. The van der Waals surface area contributed by atoms with Crippen LogP contribution in [0.25, 0.3) is 0 Å². The van der Waals surface area contributed by atoms with Gasteiger partial charge in [-0.25, -0.2) is 0 Å². The Bertz CT molecular complexity index is 289. The number of hydrogen-bond donors (Lipinski definition) is 0. The maximum atomic E-state index is 2.62. The minimum absolute atomic E-state index is 0.756. The second-order valence-corrected chi connectivity index (χ2v) is 4.80. The molecule has 0 nitrogen and oxygen atoms in total. The van der Waals surface area contributed by atoms with E-state index in [4.69, 9.17) is 0 Å². The van der Waals surface area contributed by atoms with E-state index in [1.807, 2.05) is 0 Å². The second-order valence-electron chi connectivity index (χ2n) is 4.80. The average molecular weight is 185 g/mol. The molecule has 0 aromatic heterocycles. The van der Waals surface area contributed by atoms with Crippen LogP contribution in [0.4, 0.5) is 0 Å². The van der Waals surface area contributed by atoms with Gasteiger partial charge in [0, 0.05) is 0 Å². The molecule has 0 N–H and O–H groups in total. The fourth-order valence-corrected chi connectivity index (χ4v) is 3.26. The first-order chi connectivity index (χ1) is 6.93. The fraction of sp³-hybridized carbons (Fsp3) is 0.500. The van der Waals surface area contributed by atoms with Crippen molar-refractivity contribution in [2.75, 3.05) is 0 Å². The molecule has 0 heteroatoms. The second kappa shape index (κ2) is 3.42. The highest BCUT2D eigenvalue weighted by atomic mass is 14.4. The van der Waals surface area contributed by atoms with Crippen LogP contribution in [0.5, 0.6) is 0 Å². The van der Waals surface area contributed by atoms with E-state index < -0.39 is 0 Å². The maximum absolute atomic E-state index is 2.62. The van der Waals surface area contributed by atoms with E-state index in [2.05, 4.69) is 36.8 Å². The summed E-state index contributed by atoms with van der Waals surface area (Å²) in [5, 5.41) is 0. The van der Waals surface area contributed by atoms with Gasteiger partial charge < -0.3 is 0 Å². The van der Waals surface area contributed by atoms with Crippen molar-refractivity contribution in [1.82, 2.24) is 0 Å². The van der Waals surface area contributed by atoms with E-state index in [9.17, 15) is 0 Å². The van der Waals surface area contributed by atoms with Gasteiger partial charge >= 0.3 is 0 Å². The van der Waals surface area contributed by atoms with Crippen molar-refractivity contribution < 1.29 is 0 Å². The Labute approximate surface area is 86.3 Å². The molecule has 2 aliphatic rings. The molecule has 0 spiro atoms. The highest BCUT2D eigenvalue weighted by Crippen LogP contribution is 2.49. The van der Waals surface area contributed by atoms with E-state index >= 15 is 0 Å². The van der Waals surface area contributed by atoms with Crippen LogP contribution in [0.1, 0.15) is 37.2 Å². The van der Waals surface area contributed by atoms with Crippen LogP contribution in [-0.4, -0.2) is 0 Å². The summed E-state index contributed by atoms with van der Waals surface area (Å²) in [6.07, 6.45) is 8.42. The van der Waals surface area contributed by atoms with Crippen molar-refractivity contribution in [1.29, 1.82) is 0 Å². The van der Waals surface area contributed by atoms with E-state index in [0.717, 1.165) is 17.8 Å². The normalized spacial score (nSPS) is 35.9. The summed E-state index contributed by atoms with van der Waals surface area (Å²) in [5.74, 6) is 2.71. The molecule has 0 heterocycles. The standard InChI is InChI=1S/C14H17/c1-2-5-11(6-3-1)14-9-12-7-4-8-13(12)10-14/h1-3,5-6,9,12-14H,4,7-8,10H2. The molecule has 1 radical (unpaired) electrons. The molecule has 0 amide bonds. The van der Waals surface area contributed by atoms with Crippen molar-refractivity contribution in [3.05, 3.63) is 42.3 Å². The summed E-state index contributed by atoms with van der Waals surface area (Å²) in [6, 6.07) is 11.0. The monoisotopic (exact) mass is 185 g/mol. The molecule has 14 heavy (non-hydrogen) atoms. The quantitative estimate of drug-likeness (QED) is 0.624. The van der Waals surface area contributed by atoms with Gasteiger partial charge in [0.1, 0.15) is 0 Å². The zero-order valence-electron chi connectivity index (χ0n) is 8.52. The number of benzene rings is 1. The first-order valence-corrected chi connectivity index (χ1v) is 5.83. The van der Waals surface area contributed by atoms with Crippen LogP contribution in [0.2, 0.25) is 0 Å². The van der Waals surface area contributed by atoms with Crippen LogP contribution in [0.3, 0.4) is 0 Å². The predicted molar refractivity (Wildman–Crippen MR) is 58.9 cm³/mol. The Hall–Kier alpha value is -0.780. The van der Waals surface area contributed by atoms with Gasteiger partial charge in [-0.1, -0.05) is 43.2 Å². The van der Waals surface area contributed by atoms with Gasteiger partial charge in [0.05, 0.1) is 0 Å². The number of hydrogen-bond acceptors (Lipinski definition) is 0. The lowest BCUT2D eigenvalue weighted by atomic mass is 9.95. The zero-order valence-corrected chi connectivity index (χ0v) is 8.52. The summed E-state index contributed by atoms with van der Waals surface area (Å²) in [7, 11) is 0. The molecule has 73 valence electrons. The van der Waals surface area contributed by atoms with Crippen LogP contribution >= 0.6 is 0 Å². The van der Waals surface area contributed by atoms with E-state index in [1.54, 1.807) is 0 Å². The van der Waals surface area contributed by atoms with Gasteiger partial charge in [0.2, 0.25) is 0 Å². The zero-order chi connectivity index (χ0) is 9.38. The van der Waals surface area contributed by atoms with Crippen molar-refractivity contribution in [3.8, 4) is 0 Å². The smallest absolute Gasteiger partial charge is 0.0125 e. The third kappa shape index (κ3) is 1.37. The van der Waals surface area contributed by atoms with E-state index in [0.29, 0.717) is 0 Å². The minimum Gasteiger partial charge on any atom is -0.0622 e. The van der Waals surface area contributed by atoms with Crippen LogP contribution < -0.4 is 0 Å². The third-order valence-corrected chi connectivity index (χ3v) is 3.98. The summed E-state index contributed by atoms with van der Waals surface area (Å²) in [6.45, 7) is 0. The summed E-state index contributed by atoms with van der Waals surface area (Å²) >= 11 is 0. The van der Waals surface area contributed by atoms with Gasteiger partial charge in [0.15, 0.2) is 0 Å². The molecule has 1 aromatic rings. The van der Waals surface area contributed by atoms with Gasteiger partial charge in [-0.15, -0.1) is 0 Å². The molecule has 3 rings (SSSR count). The Morgan fingerprint density at radius 1 is 1.00 bits per heavy atom. The maximum Gasteiger partial charge on any atom is -0.0125 e. The molecule has 0 saturated heterocycles. The molecule has 0 aliphatic heterocycles. The topological polar surface area (TPSA) is 0 Å². The van der Waals surface area contributed by atoms with Crippen LogP contribution in [0, 0.1) is 18.3 Å². The first-order valence-electron chi connectivity index (χ1n) is 5.83. The Morgan fingerprint density at radius 3 is 2.64 bits per heavy atom. The van der Waals surface area contributed by atoms with Gasteiger partial charge in [-0.2, -0.15) is 0 Å². The Morgan fingerprint density at radius 2 is 1.86 bits per heavy atom. The van der Waals surface area contributed by atoms with Crippen LogP contribution in [0.15, 0.2) is 30.3 Å². The van der Waals surface area contributed by atoms with Gasteiger partial charge in [-0.3, -0.25) is 0 Å². The molecular weight excluding hydrogens is 168 g/mol. The Kier molecular flexibility index (Phi) is 2.08. The molecule has 3 unspecified atom stereocenters. The molecule has 3 atom stereocenters. The average Bonchev–Trinajstić information content (AvgIpc) is 2.78. The first kappa shape index (κ1) is 8.52. The van der Waals surface area contributed by atoms with Crippen molar-refractivity contribution >= 4 is 0 Å². The summed E-state index contributed by atoms with van der Waals surface area (Å²) in [5.41, 5.74) is 1.53. The predicted octanol–water partition coefficient (Wildman–Crippen LogP) is 3.79. The fourth-order valence-electron chi connectivity index (χ4n) is 3.26. The molecular formula is C14H17. The lowest BCUT2D eigenvalue weighted by molar-refractivity contribution is 0.484. The largest absolute Gasteiger partial charge is 0.0622 e. The molecule has 0 bridgehead atoms. The Balaban J connectivity index is 1.77. The van der Waals surface area contributed by atoms with Gasteiger partial charge in [0.25, 0.3) is 0 Å². The molecule has 2 fully saturated rings. The highest BCUT2D eigenvalue weighted by molar-refractivity contribution is 5.25. The SMILES string of the molecule is [CH]1C(c2ccccc2)CC2CCCC12. The van der Waals surface area contributed by atoms with E-state index in [1.165, 1.54) is 31.2 Å². The van der Waals surface area contributed by atoms with Crippen molar-refractivity contribution in [2.24, 2.45) is 11.8 Å². The molecule has 1 aromatic carbocycles. The van der Waals surface area contributed by atoms with Gasteiger partial charge in [-0.05, 0) is 42.6 Å². The summed E-state index contributed by atoms with van der Waals surface area (Å²) in [4.78, 5) is 0. The highest BCUT2D eigenvalue weighted by Gasteiger charge is 2.37. The minimum atomic E-state index is 0.756. The van der Waals surface area contributed by atoms with E-state index in [-0.39, 0.29) is 0 Å². The lowest BCUT2D eigenvalue weighted by Crippen LogP contribution is -1.96.